The summed E-state index contributed by atoms with van der Waals surface area (Å²) in [4.78, 5) is 15.1. The minimum atomic E-state index is -0.522. The lowest BCUT2D eigenvalue weighted by molar-refractivity contribution is 0.104. The van der Waals surface area contributed by atoms with Gasteiger partial charge in [-0.3, -0.25) is 9.36 Å². The van der Waals surface area contributed by atoms with Gasteiger partial charge in [-0.15, -0.1) is 0 Å². The number of anilines is 1. The fraction of sp³-hybridized carbons (Fsp3) is 0.375. The number of nitrogens with zero attached hydrogens (tertiary/aromatic N) is 2. The van der Waals surface area contributed by atoms with Crippen molar-refractivity contribution < 1.29 is 14.2 Å². The van der Waals surface area contributed by atoms with E-state index in [0.29, 0.717) is 35.0 Å². The highest BCUT2D eigenvalue weighted by atomic mass is 19.1. The van der Waals surface area contributed by atoms with Gasteiger partial charge in [-0.25, -0.2) is 4.39 Å². The maximum Gasteiger partial charge on any atom is 0.262 e. The van der Waals surface area contributed by atoms with Gasteiger partial charge in [0, 0.05) is 36.8 Å². The summed E-state index contributed by atoms with van der Waals surface area (Å²) in [6.45, 7) is 3.66. The average molecular weight is 426 g/mol. The second kappa shape index (κ2) is 9.08. The number of aliphatic hydroxyl groups is 1. The molecule has 0 amide bonds. The van der Waals surface area contributed by atoms with Crippen LogP contribution in [0.4, 0.5) is 10.1 Å². The van der Waals surface area contributed by atoms with Gasteiger partial charge in [0.15, 0.2) is 0 Å². The van der Waals surface area contributed by atoms with Crippen molar-refractivity contribution in [3.05, 3.63) is 64.8 Å². The Morgan fingerprint density at radius 1 is 1.26 bits per heavy atom. The van der Waals surface area contributed by atoms with Crippen molar-refractivity contribution in [3.63, 3.8) is 0 Å². The molecular formula is C24H28FN3O3. The molecule has 1 fully saturated rings. The summed E-state index contributed by atoms with van der Waals surface area (Å²) >= 11 is 0. The van der Waals surface area contributed by atoms with Crippen LogP contribution in [-0.2, 0) is 0 Å². The molecule has 2 atom stereocenters. The van der Waals surface area contributed by atoms with E-state index in [1.54, 1.807) is 36.5 Å². The Kier molecular flexibility index (Phi) is 6.25. The first-order chi connectivity index (χ1) is 15.0. The van der Waals surface area contributed by atoms with Crippen molar-refractivity contribution in [2.75, 3.05) is 31.6 Å². The number of halogens is 1. The molecular weight excluding hydrogens is 397 g/mol. The van der Waals surface area contributed by atoms with Crippen LogP contribution >= 0.6 is 0 Å². The van der Waals surface area contributed by atoms with E-state index in [-0.39, 0.29) is 18.0 Å². The Labute approximate surface area is 180 Å². The highest BCUT2D eigenvalue weighted by Gasteiger charge is 2.23. The molecule has 164 valence electrons. The smallest absolute Gasteiger partial charge is 0.262 e. The van der Waals surface area contributed by atoms with Crippen LogP contribution in [0.5, 0.6) is 5.75 Å². The molecule has 1 aromatic heterocycles. The molecule has 1 aliphatic heterocycles. The van der Waals surface area contributed by atoms with Crippen molar-refractivity contribution in [2.24, 2.45) is 0 Å². The largest absolute Gasteiger partial charge is 0.491 e. The molecule has 1 aliphatic rings. The summed E-state index contributed by atoms with van der Waals surface area (Å²) in [5.74, 6) is 0.262. The molecule has 0 bridgehead atoms. The monoisotopic (exact) mass is 425 g/mol. The van der Waals surface area contributed by atoms with Gasteiger partial charge in [0.25, 0.3) is 5.56 Å². The first-order valence-electron chi connectivity index (χ1n) is 10.7. The van der Waals surface area contributed by atoms with Gasteiger partial charge in [0.1, 0.15) is 18.2 Å². The fourth-order valence-corrected chi connectivity index (χ4v) is 3.95. The number of fused-ring (bicyclic) bond motifs is 1. The average Bonchev–Trinajstić information content (AvgIpc) is 3.26. The number of pyridine rings is 1. The van der Waals surface area contributed by atoms with Crippen molar-refractivity contribution in [1.29, 1.82) is 0 Å². The number of rotatable bonds is 7. The summed E-state index contributed by atoms with van der Waals surface area (Å²) in [5.41, 5.74) is 0.830. The maximum atomic E-state index is 14.9. The van der Waals surface area contributed by atoms with Crippen LogP contribution < -0.4 is 20.5 Å². The molecule has 6 nitrogen and oxygen atoms in total. The number of aliphatic hydroxyl groups excluding tert-OH is 1. The zero-order valence-corrected chi connectivity index (χ0v) is 17.8. The van der Waals surface area contributed by atoms with Gasteiger partial charge in [0.2, 0.25) is 0 Å². The first-order valence-corrected chi connectivity index (χ1v) is 10.7. The molecule has 0 unspecified atom stereocenters. The molecule has 2 heterocycles. The number of benzene rings is 2. The van der Waals surface area contributed by atoms with Crippen LogP contribution in [0.25, 0.3) is 16.5 Å². The molecule has 3 aromatic rings. The van der Waals surface area contributed by atoms with Crippen LogP contribution in [-0.4, -0.2) is 48.6 Å². The summed E-state index contributed by atoms with van der Waals surface area (Å²) in [5, 5.41) is 14.1. The topological polar surface area (TPSA) is 66.7 Å². The Morgan fingerprint density at radius 2 is 2.10 bits per heavy atom. The van der Waals surface area contributed by atoms with Crippen molar-refractivity contribution >= 4 is 16.5 Å². The number of likely N-dealkylation sites (N-methyl/N-ethyl adjacent to an activating group) is 1. The quantitative estimate of drug-likeness (QED) is 0.609. The Bertz CT molecular complexity index is 1130. The second-order valence-electron chi connectivity index (χ2n) is 7.97. The lowest BCUT2D eigenvalue weighted by Gasteiger charge is -2.20. The Balaban J connectivity index is 1.60. The third kappa shape index (κ3) is 4.43. The summed E-state index contributed by atoms with van der Waals surface area (Å²) in [7, 11) is 1.92. The third-order valence-corrected chi connectivity index (χ3v) is 5.94. The highest BCUT2D eigenvalue weighted by molar-refractivity contribution is 5.83. The van der Waals surface area contributed by atoms with Crippen LogP contribution in [0, 0.1) is 5.82 Å². The molecule has 2 N–H and O–H groups in total. The molecule has 7 heteroatoms. The Hall–Kier alpha value is -2.90. The second-order valence-corrected chi connectivity index (χ2v) is 7.97. The third-order valence-electron chi connectivity index (χ3n) is 5.94. The predicted octanol–water partition coefficient (Wildman–Crippen LogP) is 3.08. The van der Waals surface area contributed by atoms with Crippen molar-refractivity contribution in [2.45, 2.75) is 31.9 Å². The molecule has 0 saturated carbocycles. The normalized spacial score (nSPS) is 17.3. The fourth-order valence-electron chi connectivity index (χ4n) is 3.95. The molecule has 0 spiro atoms. The summed E-state index contributed by atoms with van der Waals surface area (Å²) in [6.07, 6.45) is 2.72. The van der Waals surface area contributed by atoms with Crippen molar-refractivity contribution in [3.8, 4) is 11.4 Å². The van der Waals surface area contributed by atoms with Gasteiger partial charge in [-0.1, -0.05) is 6.92 Å². The lowest BCUT2D eigenvalue weighted by atomic mass is 10.1. The van der Waals surface area contributed by atoms with E-state index in [1.165, 1.54) is 10.6 Å². The summed E-state index contributed by atoms with van der Waals surface area (Å²) < 4.78 is 21.9. The zero-order valence-electron chi connectivity index (χ0n) is 17.8. The number of aromatic nitrogens is 1. The van der Waals surface area contributed by atoms with E-state index < -0.39 is 6.10 Å². The van der Waals surface area contributed by atoms with Crippen LogP contribution in [0.15, 0.2) is 53.5 Å². The number of nitrogens with one attached hydrogen (secondary N) is 1. The van der Waals surface area contributed by atoms with E-state index in [1.807, 2.05) is 24.9 Å². The van der Waals surface area contributed by atoms with E-state index in [4.69, 9.17) is 4.74 Å². The predicted molar refractivity (Wildman–Crippen MR) is 121 cm³/mol. The van der Waals surface area contributed by atoms with Crippen molar-refractivity contribution in [1.82, 2.24) is 9.88 Å². The SMILES string of the molecule is CC[C@H](O)COc1ccc2c(=O)n(-c3ccc(N4CC[C@@H](NC)C4)c(F)c3)ccc2c1. The molecule has 0 aliphatic carbocycles. The first kappa shape index (κ1) is 21.3. The van der Waals surface area contributed by atoms with E-state index >= 15 is 0 Å². The maximum absolute atomic E-state index is 14.9. The van der Waals surface area contributed by atoms with Crippen LogP contribution in [0.2, 0.25) is 0 Å². The van der Waals surface area contributed by atoms with Gasteiger partial charge < -0.3 is 20.1 Å². The molecule has 0 radical (unpaired) electrons. The molecule has 4 rings (SSSR count). The lowest BCUT2D eigenvalue weighted by Crippen LogP contribution is -2.29. The van der Waals surface area contributed by atoms with Crippen LogP contribution in [0.1, 0.15) is 19.8 Å². The minimum Gasteiger partial charge on any atom is -0.491 e. The van der Waals surface area contributed by atoms with Gasteiger partial charge in [0.05, 0.1) is 17.5 Å². The summed E-state index contributed by atoms with van der Waals surface area (Å²) in [6, 6.07) is 12.3. The van der Waals surface area contributed by atoms with E-state index in [2.05, 4.69) is 5.32 Å². The Morgan fingerprint density at radius 3 is 2.81 bits per heavy atom. The highest BCUT2D eigenvalue weighted by Crippen LogP contribution is 2.26. The standard InChI is InChI=1S/C24H28FN3O3/c1-3-19(29)15-31-20-5-6-21-16(12-20)8-11-28(24(21)30)18-4-7-23(22(25)13-18)27-10-9-17(14-27)26-2/h4-8,11-13,17,19,26,29H,3,9-10,14-15H2,1-2H3/t17-,19+/m1/s1. The molecule has 2 aromatic carbocycles. The van der Waals surface area contributed by atoms with Gasteiger partial charge in [-0.2, -0.15) is 0 Å². The van der Waals surface area contributed by atoms with Crippen LogP contribution in [0.3, 0.4) is 0 Å². The number of ether oxygens (including phenoxy) is 1. The molecule has 1 saturated heterocycles. The molecule has 31 heavy (non-hydrogen) atoms. The van der Waals surface area contributed by atoms with Gasteiger partial charge >= 0.3 is 0 Å². The minimum absolute atomic E-state index is 0.205. The van der Waals surface area contributed by atoms with Gasteiger partial charge in [-0.05, 0) is 61.7 Å². The number of hydrogen-bond acceptors (Lipinski definition) is 5. The van der Waals surface area contributed by atoms with E-state index in [9.17, 15) is 14.3 Å². The van der Waals surface area contributed by atoms with E-state index in [0.717, 1.165) is 24.9 Å². The number of hydrogen-bond donors (Lipinski definition) is 2. The zero-order chi connectivity index (χ0) is 22.0.